The largest absolute Gasteiger partial charge is 0.306 e. The van der Waals surface area contributed by atoms with Gasteiger partial charge in [0.25, 0.3) is 0 Å². The summed E-state index contributed by atoms with van der Waals surface area (Å²) in [6.07, 6.45) is 4.68. The molecule has 0 radical (unpaired) electrons. The Morgan fingerprint density at radius 2 is 2.33 bits per heavy atom. The lowest BCUT2D eigenvalue weighted by atomic mass is 10.2. The van der Waals surface area contributed by atoms with Crippen molar-refractivity contribution in [3.63, 3.8) is 0 Å². The van der Waals surface area contributed by atoms with Crippen LogP contribution in [0.2, 0.25) is 0 Å². The van der Waals surface area contributed by atoms with Crippen molar-refractivity contribution in [3.05, 3.63) is 48.0 Å². The molecule has 74 valence electrons. The molecule has 2 rings (SSSR count). The van der Waals surface area contributed by atoms with E-state index in [1.165, 1.54) is 0 Å². The first-order valence-electron chi connectivity index (χ1n) is 4.87. The topological polar surface area (TPSA) is 41.6 Å². The van der Waals surface area contributed by atoms with Gasteiger partial charge in [0.15, 0.2) is 0 Å². The summed E-state index contributed by atoms with van der Waals surface area (Å²) >= 11 is 0. The minimum absolute atomic E-state index is 0.666. The van der Waals surface area contributed by atoms with Gasteiger partial charge in [0.1, 0.15) is 0 Å². The van der Waals surface area contributed by atoms with Crippen LogP contribution in [0.15, 0.2) is 36.8 Å². The highest BCUT2D eigenvalue weighted by Gasteiger charge is 1.99. The smallest absolute Gasteiger partial charge is 0.0995 e. The molecule has 3 nitrogen and oxygen atoms in total. The second-order valence-corrected chi connectivity index (χ2v) is 3.29. The quantitative estimate of drug-likeness (QED) is 0.741. The van der Waals surface area contributed by atoms with Gasteiger partial charge in [-0.2, -0.15) is 5.26 Å². The monoisotopic (exact) mass is 197 g/mol. The zero-order valence-electron chi connectivity index (χ0n) is 8.51. The van der Waals surface area contributed by atoms with Gasteiger partial charge in [0.05, 0.1) is 23.7 Å². The van der Waals surface area contributed by atoms with Crippen molar-refractivity contribution in [2.75, 3.05) is 0 Å². The van der Waals surface area contributed by atoms with Gasteiger partial charge in [-0.1, -0.05) is 13.0 Å². The molecule has 0 unspecified atom stereocenters. The van der Waals surface area contributed by atoms with Crippen LogP contribution in [0.4, 0.5) is 0 Å². The second kappa shape index (κ2) is 3.97. The lowest BCUT2D eigenvalue weighted by Crippen LogP contribution is -1.90. The molecule has 15 heavy (non-hydrogen) atoms. The molecule has 0 aliphatic rings. The predicted octanol–water partition coefficient (Wildman–Crippen LogP) is 2.31. The molecule has 0 aliphatic carbocycles. The van der Waals surface area contributed by atoms with Crippen LogP contribution in [-0.4, -0.2) is 9.55 Å². The van der Waals surface area contributed by atoms with Gasteiger partial charge in [0, 0.05) is 11.9 Å². The summed E-state index contributed by atoms with van der Waals surface area (Å²) in [4.78, 5) is 4.25. The van der Waals surface area contributed by atoms with E-state index in [0.29, 0.717) is 5.56 Å². The average Bonchev–Trinajstić information content (AvgIpc) is 2.78. The Hall–Kier alpha value is -2.08. The Bertz CT molecular complexity index is 506. The highest BCUT2D eigenvalue weighted by atomic mass is 15.0. The van der Waals surface area contributed by atoms with Crippen LogP contribution in [-0.2, 0) is 6.42 Å². The minimum atomic E-state index is 0.666. The minimum Gasteiger partial charge on any atom is -0.306 e. The summed E-state index contributed by atoms with van der Waals surface area (Å²) < 4.78 is 1.93. The summed E-state index contributed by atoms with van der Waals surface area (Å²) in [5.74, 6) is 0. The fraction of sp³-hybridized carbons (Fsp3) is 0.167. The zero-order valence-corrected chi connectivity index (χ0v) is 8.51. The highest BCUT2D eigenvalue weighted by Crippen LogP contribution is 2.10. The first-order chi connectivity index (χ1) is 7.33. The van der Waals surface area contributed by atoms with Crippen molar-refractivity contribution in [3.8, 4) is 11.8 Å². The van der Waals surface area contributed by atoms with Crippen LogP contribution in [0.3, 0.4) is 0 Å². The molecular formula is C12H11N3. The number of rotatable bonds is 2. The summed E-state index contributed by atoms with van der Waals surface area (Å²) in [6, 6.07) is 9.60. The Labute approximate surface area is 88.6 Å². The molecule has 0 N–H and O–H groups in total. The van der Waals surface area contributed by atoms with E-state index in [0.717, 1.165) is 17.8 Å². The van der Waals surface area contributed by atoms with E-state index in [2.05, 4.69) is 18.0 Å². The fourth-order valence-electron chi connectivity index (χ4n) is 1.42. The van der Waals surface area contributed by atoms with E-state index in [1.807, 2.05) is 29.0 Å². The third-order valence-electron chi connectivity index (χ3n) is 2.27. The third-order valence-corrected chi connectivity index (χ3v) is 2.27. The van der Waals surface area contributed by atoms with E-state index in [1.54, 1.807) is 12.4 Å². The van der Waals surface area contributed by atoms with E-state index < -0.39 is 0 Å². The molecule has 1 aromatic heterocycles. The lowest BCUT2D eigenvalue weighted by Gasteiger charge is -2.00. The number of hydrogen-bond acceptors (Lipinski definition) is 2. The predicted molar refractivity (Wildman–Crippen MR) is 57.7 cm³/mol. The third kappa shape index (κ3) is 1.89. The van der Waals surface area contributed by atoms with Crippen molar-refractivity contribution in [1.29, 1.82) is 5.26 Å². The van der Waals surface area contributed by atoms with Gasteiger partial charge < -0.3 is 4.57 Å². The van der Waals surface area contributed by atoms with Crippen molar-refractivity contribution < 1.29 is 0 Å². The van der Waals surface area contributed by atoms with Crippen LogP contribution >= 0.6 is 0 Å². The SMILES string of the molecule is CCc1cn(-c2cccc(C#N)c2)cn1. The molecule has 1 aromatic carbocycles. The molecule has 1 heterocycles. The average molecular weight is 197 g/mol. The summed E-state index contributed by atoms with van der Waals surface area (Å²) in [6.45, 7) is 2.07. The van der Waals surface area contributed by atoms with Crippen molar-refractivity contribution in [2.24, 2.45) is 0 Å². The first-order valence-corrected chi connectivity index (χ1v) is 4.87. The van der Waals surface area contributed by atoms with E-state index in [4.69, 9.17) is 5.26 Å². The van der Waals surface area contributed by atoms with Gasteiger partial charge >= 0.3 is 0 Å². The van der Waals surface area contributed by atoms with Crippen LogP contribution in [0, 0.1) is 11.3 Å². The van der Waals surface area contributed by atoms with Gasteiger partial charge in [-0.05, 0) is 24.6 Å². The molecule has 0 aliphatic heterocycles. The molecule has 3 heteroatoms. The summed E-state index contributed by atoms with van der Waals surface area (Å²) in [7, 11) is 0. The number of nitrogens with zero attached hydrogens (tertiary/aromatic N) is 3. The van der Waals surface area contributed by atoms with E-state index >= 15 is 0 Å². The normalized spacial score (nSPS) is 9.87. The number of hydrogen-bond donors (Lipinski definition) is 0. The summed E-state index contributed by atoms with van der Waals surface area (Å²) in [5, 5.41) is 8.79. The van der Waals surface area contributed by atoms with Crippen molar-refractivity contribution in [1.82, 2.24) is 9.55 Å². The van der Waals surface area contributed by atoms with Crippen LogP contribution < -0.4 is 0 Å². The van der Waals surface area contributed by atoms with Crippen LogP contribution in [0.5, 0.6) is 0 Å². The van der Waals surface area contributed by atoms with Crippen LogP contribution in [0.25, 0.3) is 5.69 Å². The summed E-state index contributed by atoms with van der Waals surface area (Å²) in [5.41, 5.74) is 2.69. The first kappa shape index (κ1) is 9.47. The number of benzene rings is 1. The molecule has 0 amide bonds. The molecule has 2 aromatic rings. The maximum Gasteiger partial charge on any atom is 0.0995 e. The Morgan fingerprint density at radius 1 is 1.47 bits per heavy atom. The molecule has 0 spiro atoms. The lowest BCUT2D eigenvalue weighted by molar-refractivity contribution is 1.05. The number of nitriles is 1. The fourth-order valence-corrected chi connectivity index (χ4v) is 1.42. The molecule has 0 saturated carbocycles. The maximum atomic E-state index is 8.79. The van der Waals surface area contributed by atoms with Crippen LogP contribution in [0.1, 0.15) is 18.2 Å². The Kier molecular flexibility index (Phi) is 2.51. The van der Waals surface area contributed by atoms with E-state index in [9.17, 15) is 0 Å². The van der Waals surface area contributed by atoms with Crippen molar-refractivity contribution in [2.45, 2.75) is 13.3 Å². The zero-order chi connectivity index (χ0) is 10.7. The van der Waals surface area contributed by atoms with Gasteiger partial charge in [0.2, 0.25) is 0 Å². The van der Waals surface area contributed by atoms with E-state index in [-0.39, 0.29) is 0 Å². The number of aryl methyl sites for hydroxylation is 1. The number of aromatic nitrogens is 2. The van der Waals surface area contributed by atoms with Gasteiger partial charge in [-0.25, -0.2) is 4.98 Å². The standard InChI is InChI=1S/C12H11N3/c1-2-11-8-15(9-14-11)12-5-3-4-10(6-12)7-13/h3-6,8-9H,2H2,1H3. The second-order valence-electron chi connectivity index (χ2n) is 3.29. The molecule has 0 atom stereocenters. The molecule has 0 fully saturated rings. The van der Waals surface area contributed by atoms with Crippen molar-refractivity contribution >= 4 is 0 Å². The Morgan fingerprint density at radius 3 is 3.00 bits per heavy atom. The molecular weight excluding hydrogens is 186 g/mol. The highest BCUT2D eigenvalue weighted by molar-refractivity contribution is 5.41. The molecule has 0 bridgehead atoms. The Balaban J connectivity index is 2.41. The maximum absolute atomic E-state index is 8.79. The van der Waals surface area contributed by atoms with Gasteiger partial charge in [-0.15, -0.1) is 0 Å². The van der Waals surface area contributed by atoms with Gasteiger partial charge in [-0.3, -0.25) is 0 Å². The molecule has 0 saturated heterocycles. The number of imidazole rings is 1.